The van der Waals surface area contributed by atoms with E-state index >= 15 is 0 Å². The molecule has 1 atom stereocenters. The van der Waals surface area contributed by atoms with Crippen molar-refractivity contribution in [1.82, 2.24) is 5.32 Å². The van der Waals surface area contributed by atoms with E-state index in [0.717, 1.165) is 0 Å². The van der Waals surface area contributed by atoms with Gasteiger partial charge in [0.05, 0.1) is 0 Å². The summed E-state index contributed by atoms with van der Waals surface area (Å²) in [6, 6.07) is 7.54. The molecule has 1 nitrogen and oxygen atoms in total. The number of hydrogen-bond donors (Lipinski definition) is 1. The van der Waals surface area contributed by atoms with Crippen LogP contribution in [0.3, 0.4) is 0 Å². The maximum Gasteiger partial charge on any atom is 0.00953 e. The van der Waals surface area contributed by atoms with E-state index in [-0.39, 0.29) is 0 Å². The van der Waals surface area contributed by atoms with Gasteiger partial charge in [0.15, 0.2) is 0 Å². The van der Waals surface area contributed by atoms with Crippen LogP contribution in [0.4, 0.5) is 0 Å². The molecule has 1 N–H and O–H groups in total. The first-order valence-electron chi connectivity index (χ1n) is 6.31. The third kappa shape index (κ3) is 2.15. The zero-order chi connectivity index (χ0) is 11.8. The van der Waals surface area contributed by atoms with Gasteiger partial charge in [-0.15, -0.1) is 0 Å². The van der Waals surface area contributed by atoms with Crippen molar-refractivity contribution in [3.05, 3.63) is 34.9 Å². The van der Waals surface area contributed by atoms with E-state index in [1.54, 1.807) is 0 Å². The van der Waals surface area contributed by atoms with Gasteiger partial charge in [-0.25, -0.2) is 0 Å². The highest BCUT2D eigenvalue weighted by Crippen LogP contribution is 2.51. The molecule has 1 aliphatic rings. The summed E-state index contributed by atoms with van der Waals surface area (Å²) in [5, 5.41) is 3.41. The Morgan fingerprint density at radius 3 is 2.44 bits per heavy atom. The highest BCUT2D eigenvalue weighted by atomic mass is 14.9. The number of aryl methyl sites for hydroxylation is 2. The molecule has 1 heteroatoms. The van der Waals surface area contributed by atoms with Crippen LogP contribution in [0, 0.1) is 19.3 Å². The van der Waals surface area contributed by atoms with Crippen molar-refractivity contribution < 1.29 is 0 Å². The van der Waals surface area contributed by atoms with Crippen molar-refractivity contribution in [2.45, 2.75) is 46.1 Å². The Balaban J connectivity index is 2.12. The van der Waals surface area contributed by atoms with Crippen molar-refractivity contribution in [2.75, 3.05) is 7.05 Å². The lowest BCUT2D eigenvalue weighted by atomic mass is 9.89. The van der Waals surface area contributed by atoms with Crippen LogP contribution in [0.1, 0.15) is 36.5 Å². The minimum atomic E-state index is 0.538. The Bertz CT molecular complexity index is 377. The average molecular weight is 217 g/mol. The van der Waals surface area contributed by atoms with Crippen molar-refractivity contribution in [1.29, 1.82) is 0 Å². The van der Waals surface area contributed by atoms with Gasteiger partial charge >= 0.3 is 0 Å². The molecule has 0 saturated heterocycles. The Morgan fingerprint density at radius 1 is 1.25 bits per heavy atom. The van der Waals surface area contributed by atoms with Gasteiger partial charge < -0.3 is 5.32 Å². The van der Waals surface area contributed by atoms with Gasteiger partial charge in [0, 0.05) is 6.04 Å². The van der Waals surface area contributed by atoms with Gasteiger partial charge in [0.25, 0.3) is 0 Å². The van der Waals surface area contributed by atoms with Crippen LogP contribution in [-0.4, -0.2) is 13.1 Å². The summed E-state index contributed by atoms with van der Waals surface area (Å²) in [6.45, 7) is 6.70. The first-order chi connectivity index (χ1) is 7.57. The standard InChI is InChI=1S/C15H23N/c1-11-5-6-14(9-12(11)2)10-15(7-8-15)13(3)16-4/h5-6,9,13,16H,7-8,10H2,1-4H3. The van der Waals surface area contributed by atoms with Crippen LogP contribution in [0.15, 0.2) is 18.2 Å². The topological polar surface area (TPSA) is 12.0 Å². The molecule has 0 heterocycles. The highest BCUT2D eigenvalue weighted by Gasteiger charge is 2.46. The average Bonchev–Trinajstić information content (AvgIpc) is 3.03. The Hall–Kier alpha value is -0.820. The second-order valence-electron chi connectivity index (χ2n) is 5.47. The lowest BCUT2D eigenvalue weighted by molar-refractivity contribution is 0.369. The summed E-state index contributed by atoms with van der Waals surface area (Å²) >= 11 is 0. The summed E-state index contributed by atoms with van der Waals surface area (Å²) in [5.41, 5.74) is 4.86. The maximum atomic E-state index is 3.41. The number of benzene rings is 1. The molecule has 1 unspecified atom stereocenters. The number of hydrogen-bond acceptors (Lipinski definition) is 1. The number of nitrogens with one attached hydrogen (secondary N) is 1. The van der Waals surface area contributed by atoms with E-state index in [1.165, 1.54) is 36.0 Å². The molecule has 1 fully saturated rings. The van der Waals surface area contributed by atoms with Crippen molar-refractivity contribution in [2.24, 2.45) is 5.41 Å². The fourth-order valence-corrected chi connectivity index (χ4v) is 2.55. The zero-order valence-corrected chi connectivity index (χ0v) is 10.9. The molecule has 0 spiro atoms. The van der Waals surface area contributed by atoms with Crippen molar-refractivity contribution in [3.8, 4) is 0 Å². The smallest absolute Gasteiger partial charge is 0.00953 e. The number of rotatable bonds is 4. The first-order valence-corrected chi connectivity index (χ1v) is 6.31. The molecule has 0 aromatic heterocycles. The minimum Gasteiger partial charge on any atom is -0.317 e. The lowest BCUT2D eigenvalue weighted by Gasteiger charge is -2.23. The van der Waals surface area contributed by atoms with Gasteiger partial charge in [-0.3, -0.25) is 0 Å². The maximum absolute atomic E-state index is 3.41. The molecular weight excluding hydrogens is 194 g/mol. The van der Waals surface area contributed by atoms with E-state index < -0.39 is 0 Å². The largest absolute Gasteiger partial charge is 0.317 e. The molecule has 1 aromatic carbocycles. The molecule has 0 amide bonds. The Morgan fingerprint density at radius 2 is 1.94 bits per heavy atom. The van der Waals surface area contributed by atoms with E-state index in [2.05, 4.69) is 51.3 Å². The summed E-state index contributed by atoms with van der Waals surface area (Å²) in [7, 11) is 2.07. The van der Waals surface area contributed by atoms with E-state index in [9.17, 15) is 0 Å². The SMILES string of the molecule is CNC(C)C1(Cc2ccc(C)c(C)c2)CC1. The van der Waals surface area contributed by atoms with E-state index in [1.807, 2.05) is 0 Å². The Kier molecular flexibility index (Phi) is 3.07. The highest BCUT2D eigenvalue weighted by molar-refractivity contribution is 5.31. The third-order valence-corrected chi connectivity index (χ3v) is 4.37. The second-order valence-corrected chi connectivity index (χ2v) is 5.47. The van der Waals surface area contributed by atoms with Crippen molar-refractivity contribution >= 4 is 0 Å². The first kappa shape index (κ1) is 11.7. The molecule has 0 radical (unpaired) electrons. The fraction of sp³-hybridized carbons (Fsp3) is 0.600. The zero-order valence-electron chi connectivity index (χ0n) is 10.9. The third-order valence-electron chi connectivity index (χ3n) is 4.37. The molecular formula is C15H23N. The molecule has 1 aliphatic carbocycles. The summed E-state index contributed by atoms with van der Waals surface area (Å²) in [6.07, 6.45) is 3.99. The van der Waals surface area contributed by atoms with Crippen LogP contribution in [0.2, 0.25) is 0 Å². The predicted octanol–water partition coefficient (Wildman–Crippen LogP) is 3.23. The Labute approximate surface area is 99.3 Å². The molecule has 88 valence electrons. The molecule has 16 heavy (non-hydrogen) atoms. The van der Waals surface area contributed by atoms with Gasteiger partial charge in [-0.05, 0) is 69.2 Å². The van der Waals surface area contributed by atoms with Crippen LogP contribution in [0.5, 0.6) is 0 Å². The summed E-state index contributed by atoms with van der Waals surface area (Å²) in [4.78, 5) is 0. The lowest BCUT2D eigenvalue weighted by Crippen LogP contribution is -2.33. The second kappa shape index (κ2) is 4.21. The van der Waals surface area contributed by atoms with Gasteiger partial charge in [-0.1, -0.05) is 18.2 Å². The van der Waals surface area contributed by atoms with Gasteiger partial charge in [-0.2, -0.15) is 0 Å². The van der Waals surface area contributed by atoms with Crippen LogP contribution >= 0.6 is 0 Å². The normalized spacial score (nSPS) is 19.5. The fourth-order valence-electron chi connectivity index (χ4n) is 2.55. The van der Waals surface area contributed by atoms with Gasteiger partial charge in [0.2, 0.25) is 0 Å². The predicted molar refractivity (Wildman–Crippen MR) is 69.8 cm³/mol. The monoisotopic (exact) mass is 217 g/mol. The van der Waals surface area contributed by atoms with Crippen LogP contribution in [-0.2, 0) is 6.42 Å². The van der Waals surface area contributed by atoms with Crippen LogP contribution in [0.25, 0.3) is 0 Å². The van der Waals surface area contributed by atoms with Crippen molar-refractivity contribution in [3.63, 3.8) is 0 Å². The molecule has 0 aliphatic heterocycles. The van der Waals surface area contributed by atoms with Crippen LogP contribution < -0.4 is 5.32 Å². The van der Waals surface area contributed by atoms with E-state index in [0.29, 0.717) is 11.5 Å². The van der Waals surface area contributed by atoms with E-state index in [4.69, 9.17) is 0 Å². The molecule has 1 saturated carbocycles. The van der Waals surface area contributed by atoms with Gasteiger partial charge in [0.1, 0.15) is 0 Å². The summed E-state index contributed by atoms with van der Waals surface area (Å²) < 4.78 is 0. The molecule has 1 aromatic rings. The summed E-state index contributed by atoms with van der Waals surface area (Å²) in [5.74, 6) is 0. The quantitative estimate of drug-likeness (QED) is 0.816. The molecule has 0 bridgehead atoms. The molecule has 2 rings (SSSR count). The minimum absolute atomic E-state index is 0.538.